The summed E-state index contributed by atoms with van der Waals surface area (Å²) >= 11 is 0. The molecule has 0 rings (SSSR count). The average Bonchev–Trinajstić information content (AvgIpc) is 1.66. The smallest absolute Gasteiger partial charge is 0.300 e. The van der Waals surface area contributed by atoms with Gasteiger partial charge in [-0.2, -0.15) is 0 Å². The molecule has 0 bridgehead atoms. The third kappa shape index (κ3) is 387. The molecule has 0 aliphatic heterocycles. The monoisotopic (exact) mass is 187 g/mol. The first-order valence-electron chi connectivity index (χ1n) is 2.28. The van der Waals surface area contributed by atoms with Gasteiger partial charge in [0.25, 0.3) is 5.97 Å². The van der Waals surface area contributed by atoms with Crippen molar-refractivity contribution in [2.45, 2.75) is 13.8 Å². The van der Waals surface area contributed by atoms with Crippen molar-refractivity contribution in [3.63, 3.8) is 0 Å². The quantitative estimate of drug-likeness (QED) is 0.398. The summed E-state index contributed by atoms with van der Waals surface area (Å²) in [6.07, 6.45) is 0. The molecule has 7 heteroatoms. The van der Waals surface area contributed by atoms with Gasteiger partial charge in [0.1, 0.15) is 0 Å². The molecule has 8 N–H and O–H groups in total. The zero-order valence-electron chi connectivity index (χ0n) is 7.62. The molecule has 0 atom stereocenters. The van der Waals surface area contributed by atoms with E-state index in [2.05, 4.69) is 0 Å². The molecule has 0 saturated carbocycles. The first-order chi connectivity index (χ1) is 4.46. The minimum Gasteiger partial charge on any atom is -0.550 e. The lowest BCUT2D eigenvalue weighted by Crippen LogP contribution is -2.16. The van der Waals surface area contributed by atoms with Gasteiger partial charge in [0.2, 0.25) is 0 Å². The number of quaternary nitrogens is 1. The highest BCUT2D eigenvalue weighted by Crippen LogP contribution is 1.42. The number of carboxylic acids is 2. The minimum absolute atomic E-state index is 0. The second-order valence-electron chi connectivity index (χ2n) is 1.01. The molecule has 0 spiro atoms. The van der Waals surface area contributed by atoms with Crippen LogP contribution in [-0.2, 0) is 9.59 Å². The fraction of sp³-hybridized carbons (Fsp3) is 0.600. The predicted octanol–water partition coefficient (Wildman–Crippen LogP) is -1.99. The van der Waals surface area contributed by atoms with E-state index in [0.29, 0.717) is 0 Å². The van der Waals surface area contributed by atoms with Crippen molar-refractivity contribution >= 4 is 11.9 Å². The molecule has 0 aliphatic rings. The van der Waals surface area contributed by atoms with Crippen LogP contribution in [0.4, 0.5) is 0 Å². The van der Waals surface area contributed by atoms with Gasteiger partial charge in [-0.3, -0.25) is 4.79 Å². The summed E-state index contributed by atoms with van der Waals surface area (Å²) in [6.45, 7) is 2.06. The van der Waals surface area contributed by atoms with Crippen LogP contribution in [0.2, 0.25) is 0 Å². The number of hydrogen-bond acceptors (Lipinski definition) is 4. The van der Waals surface area contributed by atoms with Gasteiger partial charge in [-0.1, -0.05) is 0 Å². The van der Waals surface area contributed by atoms with Gasteiger partial charge in [0, 0.05) is 20.0 Å². The van der Waals surface area contributed by atoms with Gasteiger partial charge >= 0.3 is 0 Å². The maximum Gasteiger partial charge on any atom is 0.300 e. The normalized spacial score (nSPS) is 4.67. The topological polar surface area (TPSA) is 166 Å². The van der Waals surface area contributed by atoms with Crippen molar-refractivity contribution in [2.75, 3.05) is 7.11 Å². The van der Waals surface area contributed by atoms with E-state index in [-0.39, 0.29) is 11.6 Å². The molecule has 0 saturated heterocycles. The Bertz CT molecular complexity index is 73.9. The van der Waals surface area contributed by atoms with Gasteiger partial charge in [0.15, 0.2) is 0 Å². The number of carboxylic acid groups (broad SMARTS) is 2. The summed E-state index contributed by atoms with van der Waals surface area (Å²) in [6, 6.07) is 0. The first kappa shape index (κ1) is 30.8. The van der Waals surface area contributed by atoms with Gasteiger partial charge in [-0.25, -0.2) is 0 Å². The highest BCUT2D eigenvalue weighted by molar-refractivity contribution is 5.62. The molecule has 0 aromatic heterocycles. The minimum atomic E-state index is -1.08. The molecule has 0 heterocycles. The highest BCUT2D eigenvalue weighted by Gasteiger charge is 1.65. The summed E-state index contributed by atoms with van der Waals surface area (Å²) < 4.78 is 0. The van der Waals surface area contributed by atoms with Crippen LogP contribution >= 0.6 is 0 Å². The lowest BCUT2D eigenvalue weighted by atomic mass is 10.9. The standard InChI is InChI=1S/2C2H4O2.CH4O.H3N.H2O/c2*1-2(3)4;1-2;;/h2*1H3,(H,3,4);2H,1H3;1H3;1H2. The van der Waals surface area contributed by atoms with Crippen LogP contribution in [0.3, 0.4) is 0 Å². The first-order valence-corrected chi connectivity index (χ1v) is 2.28. The van der Waals surface area contributed by atoms with Crippen LogP contribution < -0.4 is 11.3 Å². The van der Waals surface area contributed by atoms with Gasteiger partial charge in [-0.15, -0.1) is 0 Å². The number of aliphatic hydroxyl groups excluding tert-OH is 1. The van der Waals surface area contributed by atoms with Crippen molar-refractivity contribution in [3.05, 3.63) is 0 Å². The molecular weight excluding hydrogens is 170 g/mol. The molecule has 0 aromatic carbocycles. The van der Waals surface area contributed by atoms with Crippen LogP contribution in [0.15, 0.2) is 0 Å². The SMILES string of the molecule is CC(=O)O.CC(=O)[O-].CO.O.[NH4+]. The Balaban J connectivity index is -0.0000000198. The van der Waals surface area contributed by atoms with Crippen molar-refractivity contribution in [3.8, 4) is 0 Å². The molecule has 0 aromatic rings. The lowest BCUT2D eigenvalue weighted by Gasteiger charge is -1.77. The molecule has 7 nitrogen and oxygen atoms in total. The fourth-order valence-electron chi connectivity index (χ4n) is 0. The molecular formula is C5H17NO6. The van der Waals surface area contributed by atoms with E-state index in [1.807, 2.05) is 0 Å². The van der Waals surface area contributed by atoms with Crippen molar-refractivity contribution in [1.29, 1.82) is 0 Å². The molecule has 0 unspecified atom stereocenters. The van der Waals surface area contributed by atoms with Gasteiger partial charge in [0.05, 0.1) is 0 Å². The van der Waals surface area contributed by atoms with Gasteiger partial charge in [-0.05, 0) is 6.92 Å². The van der Waals surface area contributed by atoms with Crippen LogP contribution in [0, 0.1) is 0 Å². The maximum absolute atomic E-state index is 9.00. The zero-order valence-corrected chi connectivity index (χ0v) is 7.62. The van der Waals surface area contributed by atoms with Crippen molar-refractivity contribution in [1.82, 2.24) is 6.15 Å². The van der Waals surface area contributed by atoms with E-state index in [0.717, 1.165) is 21.0 Å². The number of aliphatic carboxylic acids is 2. The molecule has 0 amide bonds. The second kappa shape index (κ2) is 32.9. The van der Waals surface area contributed by atoms with E-state index in [9.17, 15) is 0 Å². The lowest BCUT2D eigenvalue weighted by molar-refractivity contribution is -0.302. The number of rotatable bonds is 0. The molecule has 0 radical (unpaired) electrons. The van der Waals surface area contributed by atoms with E-state index < -0.39 is 11.9 Å². The van der Waals surface area contributed by atoms with E-state index in [4.69, 9.17) is 24.9 Å². The Kier molecular flexibility index (Phi) is 84.4. The third-order valence-corrected chi connectivity index (χ3v) is 0. The Hall–Kier alpha value is -1.18. The van der Waals surface area contributed by atoms with Crippen LogP contribution in [0.1, 0.15) is 13.8 Å². The second-order valence-corrected chi connectivity index (χ2v) is 1.01. The molecule has 0 fully saturated rings. The van der Waals surface area contributed by atoms with Crippen LogP contribution in [-0.4, -0.2) is 34.7 Å². The van der Waals surface area contributed by atoms with E-state index >= 15 is 0 Å². The largest absolute Gasteiger partial charge is 0.550 e. The number of carbonyl (C=O) groups excluding carboxylic acids is 1. The number of hydrogen-bond donors (Lipinski definition) is 3. The van der Waals surface area contributed by atoms with Crippen molar-refractivity contribution < 1.29 is 30.4 Å². The highest BCUT2D eigenvalue weighted by atomic mass is 16.4. The molecule has 12 heavy (non-hydrogen) atoms. The third-order valence-electron chi connectivity index (χ3n) is 0. The Morgan fingerprint density at radius 3 is 1.17 bits per heavy atom. The van der Waals surface area contributed by atoms with Crippen LogP contribution in [0.5, 0.6) is 0 Å². The Labute approximate surface area is 70.5 Å². The Morgan fingerprint density at radius 1 is 1.17 bits per heavy atom. The summed E-state index contributed by atoms with van der Waals surface area (Å²) in [4.78, 5) is 17.9. The summed E-state index contributed by atoms with van der Waals surface area (Å²) in [5.41, 5.74) is 0. The maximum atomic E-state index is 9.00. The van der Waals surface area contributed by atoms with Gasteiger partial charge < -0.3 is 31.7 Å². The summed E-state index contributed by atoms with van der Waals surface area (Å²) in [5, 5.41) is 23.3. The number of aliphatic hydroxyl groups is 1. The van der Waals surface area contributed by atoms with Crippen LogP contribution in [0.25, 0.3) is 0 Å². The van der Waals surface area contributed by atoms with E-state index in [1.165, 1.54) is 0 Å². The average molecular weight is 187 g/mol. The van der Waals surface area contributed by atoms with E-state index in [1.54, 1.807) is 0 Å². The molecule has 0 aliphatic carbocycles. The number of carbonyl (C=O) groups is 2. The summed E-state index contributed by atoms with van der Waals surface area (Å²) in [7, 11) is 1.00. The predicted molar refractivity (Wildman–Crippen MR) is 41.7 cm³/mol. The zero-order chi connectivity index (χ0) is 9.15. The Morgan fingerprint density at radius 2 is 1.17 bits per heavy atom. The fourth-order valence-corrected chi connectivity index (χ4v) is 0. The molecule has 78 valence electrons. The summed E-state index contributed by atoms with van der Waals surface area (Å²) in [5.74, 6) is -1.92. The van der Waals surface area contributed by atoms with Crippen molar-refractivity contribution in [2.24, 2.45) is 0 Å².